The lowest BCUT2D eigenvalue weighted by Crippen LogP contribution is -2.42. The van der Waals surface area contributed by atoms with E-state index in [-0.39, 0.29) is 17.7 Å². The highest BCUT2D eigenvalue weighted by atomic mass is 16.2. The van der Waals surface area contributed by atoms with E-state index in [1.165, 1.54) is 0 Å². The molecule has 0 aromatic heterocycles. The van der Waals surface area contributed by atoms with Crippen molar-refractivity contribution in [1.29, 1.82) is 0 Å². The topological polar surface area (TPSA) is 113 Å². The number of hydrogen-bond acceptors (Lipinski definition) is 5. The number of rotatable bonds is 3. The second-order valence-electron chi connectivity index (χ2n) is 4.79. The molecule has 7 nitrogen and oxygen atoms in total. The number of anilines is 1. The molecule has 0 saturated carbocycles. The number of piperidine rings is 1. The Bertz CT molecular complexity index is 480. The van der Waals surface area contributed by atoms with Gasteiger partial charge in [-0.3, -0.25) is 20.4 Å². The van der Waals surface area contributed by atoms with Crippen LogP contribution in [-0.2, 0) is 4.79 Å². The highest BCUT2D eigenvalue weighted by molar-refractivity contribution is 5.94. The van der Waals surface area contributed by atoms with Crippen LogP contribution in [0.15, 0.2) is 24.3 Å². The van der Waals surface area contributed by atoms with Gasteiger partial charge in [-0.1, -0.05) is 0 Å². The quantitative estimate of drug-likeness (QED) is 0.338. The number of nitrogen functional groups attached to an aromatic ring is 1. The summed E-state index contributed by atoms with van der Waals surface area (Å²) in [6, 6.07) is 7.23. The summed E-state index contributed by atoms with van der Waals surface area (Å²) in [6.45, 7) is 1.58. The Kier molecular flexibility index (Phi) is 4.54. The number of benzene rings is 1. The Hall–Kier alpha value is -2.12. The first-order valence-corrected chi connectivity index (χ1v) is 6.52. The summed E-state index contributed by atoms with van der Waals surface area (Å²) >= 11 is 0. The third-order valence-corrected chi connectivity index (χ3v) is 3.63. The van der Waals surface area contributed by atoms with E-state index in [2.05, 4.69) is 15.8 Å². The second kappa shape index (κ2) is 6.36. The van der Waals surface area contributed by atoms with E-state index < -0.39 is 0 Å². The minimum absolute atomic E-state index is 0.0152. The lowest BCUT2D eigenvalue weighted by atomic mass is 9.95. The van der Waals surface area contributed by atoms with Gasteiger partial charge < -0.3 is 4.90 Å². The number of carbonyl (C=O) groups is 2. The molecule has 0 unspecified atom stereocenters. The van der Waals surface area contributed by atoms with Crippen LogP contribution in [0.25, 0.3) is 0 Å². The molecule has 108 valence electrons. The van der Waals surface area contributed by atoms with Gasteiger partial charge in [0.15, 0.2) is 0 Å². The maximum Gasteiger partial charge on any atom is 0.265 e. The summed E-state index contributed by atoms with van der Waals surface area (Å²) in [4.78, 5) is 25.0. The van der Waals surface area contributed by atoms with E-state index in [4.69, 9.17) is 11.7 Å². The van der Waals surface area contributed by atoms with Crippen molar-refractivity contribution >= 4 is 17.5 Å². The van der Waals surface area contributed by atoms with Gasteiger partial charge in [-0.25, -0.2) is 11.7 Å². The SMILES string of the molecule is NNC(=O)c1ccc(N2CCC(C(=O)NN)CC2)cc1. The van der Waals surface area contributed by atoms with Crippen molar-refractivity contribution in [2.45, 2.75) is 12.8 Å². The summed E-state index contributed by atoms with van der Waals surface area (Å²) in [5, 5.41) is 0. The van der Waals surface area contributed by atoms with Crippen LogP contribution in [0.3, 0.4) is 0 Å². The predicted molar refractivity (Wildman–Crippen MR) is 75.4 cm³/mol. The molecule has 1 aromatic carbocycles. The van der Waals surface area contributed by atoms with Gasteiger partial charge in [0.05, 0.1) is 0 Å². The van der Waals surface area contributed by atoms with E-state index in [0.29, 0.717) is 5.56 Å². The predicted octanol–water partition coefficient (Wildman–Crippen LogP) is -0.504. The fraction of sp³-hybridized carbons (Fsp3) is 0.385. The van der Waals surface area contributed by atoms with Gasteiger partial charge in [-0.15, -0.1) is 0 Å². The summed E-state index contributed by atoms with van der Waals surface area (Å²) < 4.78 is 0. The number of hydrazine groups is 2. The van der Waals surface area contributed by atoms with Gasteiger partial charge in [-0.05, 0) is 37.1 Å². The van der Waals surface area contributed by atoms with Crippen LogP contribution < -0.4 is 27.4 Å². The van der Waals surface area contributed by atoms with E-state index in [9.17, 15) is 9.59 Å². The molecule has 0 spiro atoms. The van der Waals surface area contributed by atoms with Crippen LogP contribution in [0.2, 0.25) is 0 Å². The van der Waals surface area contributed by atoms with Crippen LogP contribution in [0, 0.1) is 5.92 Å². The maximum atomic E-state index is 11.5. The summed E-state index contributed by atoms with van der Waals surface area (Å²) in [5.74, 6) is 9.81. The lowest BCUT2D eigenvalue weighted by Gasteiger charge is -2.32. The minimum Gasteiger partial charge on any atom is -0.371 e. The Morgan fingerprint density at radius 3 is 2.15 bits per heavy atom. The molecule has 1 aliphatic rings. The standard InChI is InChI=1S/C13H19N5O2/c14-16-12(19)9-1-3-11(4-2-9)18-7-5-10(6-8-18)13(20)17-15/h1-4,10H,5-8,14-15H2,(H,16,19)(H,17,20). The molecule has 0 atom stereocenters. The molecule has 1 saturated heterocycles. The number of hydrogen-bond donors (Lipinski definition) is 4. The first kappa shape index (κ1) is 14.3. The Morgan fingerprint density at radius 2 is 1.65 bits per heavy atom. The highest BCUT2D eigenvalue weighted by Crippen LogP contribution is 2.23. The van der Waals surface area contributed by atoms with Gasteiger partial charge in [0.2, 0.25) is 5.91 Å². The van der Waals surface area contributed by atoms with E-state index in [0.717, 1.165) is 31.6 Å². The van der Waals surface area contributed by atoms with E-state index in [1.807, 2.05) is 12.1 Å². The minimum atomic E-state index is -0.310. The Labute approximate surface area is 117 Å². The average Bonchev–Trinajstić information content (AvgIpc) is 2.53. The van der Waals surface area contributed by atoms with Crippen molar-refractivity contribution in [3.05, 3.63) is 29.8 Å². The van der Waals surface area contributed by atoms with E-state index in [1.54, 1.807) is 12.1 Å². The zero-order valence-electron chi connectivity index (χ0n) is 11.1. The Balaban J connectivity index is 1.97. The number of nitrogens with one attached hydrogen (secondary N) is 2. The molecule has 1 fully saturated rings. The summed E-state index contributed by atoms with van der Waals surface area (Å²) in [5.41, 5.74) is 5.85. The number of nitrogens with zero attached hydrogens (tertiary/aromatic N) is 1. The average molecular weight is 277 g/mol. The van der Waals surface area contributed by atoms with Crippen molar-refractivity contribution in [3.63, 3.8) is 0 Å². The molecular weight excluding hydrogens is 258 g/mol. The number of amides is 2. The summed E-state index contributed by atoms with van der Waals surface area (Å²) in [6.07, 6.45) is 1.54. The second-order valence-corrected chi connectivity index (χ2v) is 4.79. The van der Waals surface area contributed by atoms with Crippen LogP contribution in [0.5, 0.6) is 0 Å². The molecule has 2 rings (SSSR count). The van der Waals surface area contributed by atoms with Crippen molar-refractivity contribution in [3.8, 4) is 0 Å². The Morgan fingerprint density at radius 1 is 1.05 bits per heavy atom. The van der Waals surface area contributed by atoms with Crippen molar-refractivity contribution in [2.75, 3.05) is 18.0 Å². The van der Waals surface area contributed by atoms with Crippen LogP contribution in [-0.4, -0.2) is 24.9 Å². The zero-order chi connectivity index (χ0) is 14.5. The fourth-order valence-electron chi connectivity index (χ4n) is 2.42. The number of nitrogens with two attached hydrogens (primary N) is 2. The van der Waals surface area contributed by atoms with Crippen molar-refractivity contribution < 1.29 is 9.59 Å². The largest absolute Gasteiger partial charge is 0.371 e. The van der Waals surface area contributed by atoms with Gasteiger partial charge >= 0.3 is 0 Å². The molecule has 6 N–H and O–H groups in total. The zero-order valence-corrected chi connectivity index (χ0v) is 11.1. The molecule has 1 aliphatic heterocycles. The highest BCUT2D eigenvalue weighted by Gasteiger charge is 2.24. The first-order valence-electron chi connectivity index (χ1n) is 6.52. The van der Waals surface area contributed by atoms with E-state index >= 15 is 0 Å². The first-order chi connectivity index (χ1) is 9.65. The molecule has 0 aliphatic carbocycles. The maximum absolute atomic E-state index is 11.5. The molecule has 7 heteroatoms. The van der Waals surface area contributed by atoms with Crippen molar-refractivity contribution in [2.24, 2.45) is 17.6 Å². The smallest absolute Gasteiger partial charge is 0.265 e. The van der Waals surface area contributed by atoms with Gasteiger partial charge in [0, 0.05) is 30.3 Å². The third-order valence-electron chi connectivity index (χ3n) is 3.63. The monoisotopic (exact) mass is 277 g/mol. The molecule has 2 amide bonds. The van der Waals surface area contributed by atoms with Gasteiger partial charge in [0.25, 0.3) is 5.91 Å². The molecule has 1 aromatic rings. The molecule has 0 radical (unpaired) electrons. The molecule has 20 heavy (non-hydrogen) atoms. The van der Waals surface area contributed by atoms with Crippen LogP contribution in [0.1, 0.15) is 23.2 Å². The van der Waals surface area contributed by atoms with Crippen LogP contribution >= 0.6 is 0 Å². The normalized spacial score (nSPS) is 15.8. The van der Waals surface area contributed by atoms with Crippen molar-refractivity contribution in [1.82, 2.24) is 10.9 Å². The molecule has 1 heterocycles. The lowest BCUT2D eigenvalue weighted by molar-refractivity contribution is -0.125. The molecular formula is C13H19N5O2. The fourth-order valence-corrected chi connectivity index (χ4v) is 2.42. The van der Waals surface area contributed by atoms with Gasteiger partial charge in [0.1, 0.15) is 0 Å². The van der Waals surface area contributed by atoms with Crippen LogP contribution in [0.4, 0.5) is 5.69 Å². The molecule has 0 bridgehead atoms. The number of carbonyl (C=O) groups excluding carboxylic acids is 2. The van der Waals surface area contributed by atoms with Gasteiger partial charge in [-0.2, -0.15) is 0 Å². The summed E-state index contributed by atoms with van der Waals surface area (Å²) in [7, 11) is 0. The third kappa shape index (κ3) is 3.06.